The normalized spacial score (nSPS) is 12.4. The Morgan fingerprint density at radius 2 is 1.89 bits per heavy atom. The molecule has 0 bridgehead atoms. The summed E-state index contributed by atoms with van der Waals surface area (Å²) in [5.74, 6) is 0.667. The molecule has 0 aliphatic carbocycles. The lowest BCUT2D eigenvalue weighted by Crippen LogP contribution is -2.32. The zero-order valence-electron chi connectivity index (χ0n) is 15.1. The molecule has 0 aliphatic rings. The van der Waals surface area contributed by atoms with Crippen LogP contribution in [0.1, 0.15) is 36.2 Å². The van der Waals surface area contributed by atoms with E-state index in [0.29, 0.717) is 17.1 Å². The minimum atomic E-state index is -0.244. The van der Waals surface area contributed by atoms with Gasteiger partial charge in [-0.05, 0) is 36.2 Å². The summed E-state index contributed by atoms with van der Waals surface area (Å²) in [6.45, 7) is 4.09. The number of pyridine rings is 1. The molecule has 0 radical (unpaired) electrons. The Morgan fingerprint density at radius 3 is 2.63 bits per heavy atom. The smallest absolute Gasteiger partial charge is 0.269 e. The molecule has 0 saturated heterocycles. The minimum absolute atomic E-state index is 0.160. The van der Waals surface area contributed by atoms with Crippen LogP contribution >= 0.6 is 0 Å². The average molecular weight is 360 g/mol. The predicted octanol–water partition coefficient (Wildman–Crippen LogP) is 3.48. The van der Waals surface area contributed by atoms with Gasteiger partial charge in [-0.15, -0.1) is 0 Å². The van der Waals surface area contributed by atoms with Gasteiger partial charge in [0, 0.05) is 6.20 Å². The highest BCUT2D eigenvalue weighted by atomic mass is 16.2. The molecule has 7 nitrogen and oxygen atoms in total. The van der Waals surface area contributed by atoms with Crippen LogP contribution in [0.2, 0.25) is 0 Å². The molecule has 4 rings (SSSR count). The fourth-order valence-corrected chi connectivity index (χ4v) is 2.97. The standard InChI is InChI=1S/C20H20N6O/c1-12(2)18(19-22-14-8-3-4-9-15(14)23-19)24-20(27)17-11-16(25-26-17)13-7-5-6-10-21-13/h3-12,18H,1-2H3,(H,22,23)(H,24,27)(H,25,26). The van der Waals surface area contributed by atoms with Crippen LogP contribution in [0.25, 0.3) is 22.4 Å². The maximum absolute atomic E-state index is 12.7. The Labute approximate surface area is 156 Å². The molecule has 0 aliphatic heterocycles. The summed E-state index contributed by atoms with van der Waals surface area (Å²) in [6, 6.07) is 14.8. The second kappa shape index (κ2) is 7.03. The van der Waals surface area contributed by atoms with E-state index in [-0.39, 0.29) is 17.9 Å². The fourth-order valence-electron chi connectivity index (χ4n) is 2.97. The number of hydrogen-bond donors (Lipinski definition) is 3. The lowest BCUT2D eigenvalue weighted by atomic mass is 10.0. The van der Waals surface area contributed by atoms with Gasteiger partial charge in [-0.2, -0.15) is 5.10 Å². The Morgan fingerprint density at radius 1 is 1.07 bits per heavy atom. The highest BCUT2D eigenvalue weighted by Gasteiger charge is 2.23. The van der Waals surface area contributed by atoms with Crippen LogP contribution in [0.3, 0.4) is 0 Å². The fraction of sp³-hybridized carbons (Fsp3) is 0.200. The number of benzene rings is 1. The van der Waals surface area contributed by atoms with Crippen LogP contribution in [0, 0.1) is 5.92 Å². The summed E-state index contributed by atoms with van der Waals surface area (Å²) < 4.78 is 0. The summed E-state index contributed by atoms with van der Waals surface area (Å²) in [6.07, 6.45) is 1.69. The van der Waals surface area contributed by atoms with Crippen molar-refractivity contribution in [3.05, 3.63) is 66.2 Å². The van der Waals surface area contributed by atoms with E-state index in [1.807, 2.05) is 56.3 Å². The molecule has 1 atom stereocenters. The van der Waals surface area contributed by atoms with E-state index in [4.69, 9.17) is 0 Å². The zero-order chi connectivity index (χ0) is 18.8. The number of para-hydroxylation sites is 2. The Kier molecular flexibility index (Phi) is 4.42. The number of aromatic nitrogens is 5. The van der Waals surface area contributed by atoms with Gasteiger partial charge in [0.15, 0.2) is 0 Å². The van der Waals surface area contributed by atoms with Gasteiger partial charge in [0.1, 0.15) is 17.2 Å². The van der Waals surface area contributed by atoms with Crippen molar-refractivity contribution in [1.82, 2.24) is 30.5 Å². The average Bonchev–Trinajstić information content (AvgIpc) is 3.33. The number of nitrogens with one attached hydrogen (secondary N) is 3. The molecule has 1 aromatic carbocycles. The highest BCUT2D eigenvalue weighted by molar-refractivity contribution is 5.93. The summed E-state index contributed by atoms with van der Waals surface area (Å²) >= 11 is 0. The molecule has 136 valence electrons. The SMILES string of the molecule is CC(C)C(NC(=O)c1cc(-c2ccccn2)n[nH]1)c1nc2ccccc2[nH]1. The number of carbonyl (C=O) groups excluding carboxylic acids is 1. The number of rotatable bonds is 5. The monoisotopic (exact) mass is 360 g/mol. The number of amides is 1. The van der Waals surface area contributed by atoms with Crippen molar-refractivity contribution in [3.63, 3.8) is 0 Å². The first kappa shape index (κ1) is 17.0. The van der Waals surface area contributed by atoms with Gasteiger partial charge in [0.05, 0.1) is 22.8 Å². The lowest BCUT2D eigenvalue weighted by molar-refractivity contribution is 0.0918. The Balaban J connectivity index is 1.57. The molecule has 4 aromatic rings. The third-order valence-electron chi connectivity index (χ3n) is 4.41. The van der Waals surface area contributed by atoms with E-state index < -0.39 is 0 Å². The second-order valence-corrected chi connectivity index (χ2v) is 6.72. The van der Waals surface area contributed by atoms with Gasteiger partial charge in [-0.25, -0.2) is 4.98 Å². The largest absolute Gasteiger partial charge is 0.341 e. The molecule has 0 fully saturated rings. The Bertz CT molecular complexity index is 1030. The third kappa shape index (κ3) is 3.44. The van der Waals surface area contributed by atoms with Crippen LogP contribution in [0.4, 0.5) is 0 Å². The van der Waals surface area contributed by atoms with Crippen LogP contribution < -0.4 is 5.32 Å². The molecule has 0 spiro atoms. The minimum Gasteiger partial charge on any atom is -0.341 e. The van der Waals surface area contributed by atoms with Gasteiger partial charge in [-0.1, -0.05) is 32.0 Å². The van der Waals surface area contributed by atoms with Crippen molar-refractivity contribution in [2.24, 2.45) is 5.92 Å². The van der Waals surface area contributed by atoms with Crippen LogP contribution in [-0.4, -0.2) is 31.1 Å². The third-order valence-corrected chi connectivity index (χ3v) is 4.41. The number of carbonyl (C=O) groups is 1. The van der Waals surface area contributed by atoms with Crippen LogP contribution in [0.5, 0.6) is 0 Å². The first-order chi connectivity index (χ1) is 13.1. The lowest BCUT2D eigenvalue weighted by Gasteiger charge is -2.19. The number of nitrogens with zero attached hydrogens (tertiary/aromatic N) is 3. The molecule has 3 aromatic heterocycles. The number of imidazole rings is 1. The first-order valence-electron chi connectivity index (χ1n) is 8.84. The molecular weight excluding hydrogens is 340 g/mol. The van der Waals surface area contributed by atoms with Gasteiger partial charge in [-0.3, -0.25) is 14.9 Å². The maximum Gasteiger partial charge on any atom is 0.269 e. The van der Waals surface area contributed by atoms with E-state index >= 15 is 0 Å². The van der Waals surface area contributed by atoms with Crippen LogP contribution in [-0.2, 0) is 0 Å². The van der Waals surface area contributed by atoms with E-state index in [1.54, 1.807) is 12.3 Å². The molecule has 1 amide bonds. The van der Waals surface area contributed by atoms with Gasteiger partial charge < -0.3 is 10.3 Å². The van der Waals surface area contributed by atoms with E-state index in [1.165, 1.54) is 0 Å². The topological polar surface area (TPSA) is 99.3 Å². The molecule has 0 saturated carbocycles. The van der Waals surface area contributed by atoms with E-state index in [9.17, 15) is 4.79 Å². The predicted molar refractivity (Wildman–Crippen MR) is 103 cm³/mol. The van der Waals surface area contributed by atoms with Crippen molar-refractivity contribution in [3.8, 4) is 11.4 Å². The number of aromatic amines is 2. The number of H-pyrrole nitrogens is 2. The molecular formula is C20H20N6O. The van der Waals surface area contributed by atoms with Crippen molar-refractivity contribution in [2.75, 3.05) is 0 Å². The molecule has 3 N–H and O–H groups in total. The maximum atomic E-state index is 12.7. The first-order valence-corrected chi connectivity index (χ1v) is 8.84. The van der Waals surface area contributed by atoms with Crippen molar-refractivity contribution in [2.45, 2.75) is 19.9 Å². The van der Waals surface area contributed by atoms with Crippen molar-refractivity contribution >= 4 is 16.9 Å². The molecule has 7 heteroatoms. The molecule has 27 heavy (non-hydrogen) atoms. The summed E-state index contributed by atoms with van der Waals surface area (Å²) in [5.41, 5.74) is 3.56. The second-order valence-electron chi connectivity index (χ2n) is 6.72. The van der Waals surface area contributed by atoms with Crippen LogP contribution in [0.15, 0.2) is 54.7 Å². The van der Waals surface area contributed by atoms with E-state index in [2.05, 4.69) is 30.5 Å². The summed E-state index contributed by atoms with van der Waals surface area (Å²) in [7, 11) is 0. The highest BCUT2D eigenvalue weighted by Crippen LogP contribution is 2.23. The van der Waals surface area contributed by atoms with Crippen molar-refractivity contribution in [1.29, 1.82) is 0 Å². The summed E-state index contributed by atoms with van der Waals surface area (Å²) in [5, 5.41) is 10.0. The number of hydrogen-bond acceptors (Lipinski definition) is 4. The van der Waals surface area contributed by atoms with Crippen molar-refractivity contribution < 1.29 is 4.79 Å². The van der Waals surface area contributed by atoms with Gasteiger partial charge >= 0.3 is 0 Å². The quantitative estimate of drug-likeness (QED) is 0.507. The summed E-state index contributed by atoms with van der Waals surface area (Å²) in [4.78, 5) is 24.9. The molecule has 1 unspecified atom stereocenters. The number of fused-ring (bicyclic) bond motifs is 1. The van der Waals surface area contributed by atoms with Gasteiger partial charge in [0.2, 0.25) is 0 Å². The molecule has 3 heterocycles. The Hall–Kier alpha value is -3.48. The van der Waals surface area contributed by atoms with E-state index in [0.717, 1.165) is 16.9 Å². The van der Waals surface area contributed by atoms with Gasteiger partial charge in [0.25, 0.3) is 5.91 Å². The zero-order valence-corrected chi connectivity index (χ0v) is 15.1.